The van der Waals surface area contributed by atoms with Crippen molar-refractivity contribution in [3.8, 4) is 0 Å². The summed E-state index contributed by atoms with van der Waals surface area (Å²) in [6.07, 6.45) is -7.48. The summed E-state index contributed by atoms with van der Waals surface area (Å²) >= 11 is 0. The van der Waals surface area contributed by atoms with Crippen LogP contribution in [0, 0.1) is 17.7 Å². The summed E-state index contributed by atoms with van der Waals surface area (Å²) < 4.78 is 92.4. The first-order valence-corrected chi connectivity index (χ1v) is 12.1. The van der Waals surface area contributed by atoms with Gasteiger partial charge in [0.2, 0.25) is 0 Å². The summed E-state index contributed by atoms with van der Waals surface area (Å²) in [5, 5.41) is 9.10. The molecule has 0 bridgehead atoms. The first kappa shape index (κ1) is 30.6. The second kappa shape index (κ2) is 12.8. The number of nitrogens with zero attached hydrogens (tertiary/aromatic N) is 1. The lowest BCUT2D eigenvalue weighted by molar-refractivity contribution is -0.140. The highest BCUT2D eigenvalue weighted by Crippen LogP contribution is 2.40. The van der Waals surface area contributed by atoms with Crippen LogP contribution in [0.2, 0.25) is 0 Å². The van der Waals surface area contributed by atoms with E-state index < -0.39 is 41.3 Å². The van der Waals surface area contributed by atoms with E-state index in [4.69, 9.17) is 5.11 Å². The van der Waals surface area contributed by atoms with Gasteiger partial charge < -0.3 is 5.11 Å². The van der Waals surface area contributed by atoms with E-state index in [-0.39, 0.29) is 37.4 Å². The molecule has 2 aromatic carbocycles. The second-order valence-electron chi connectivity index (χ2n) is 9.70. The molecule has 1 saturated heterocycles. The maximum absolute atomic E-state index is 13.4. The van der Waals surface area contributed by atoms with Crippen LogP contribution in [-0.2, 0) is 23.7 Å². The van der Waals surface area contributed by atoms with Crippen molar-refractivity contribution in [2.24, 2.45) is 11.8 Å². The van der Waals surface area contributed by atoms with E-state index in [0.29, 0.717) is 18.1 Å². The molecule has 10 heteroatoms. The van der Waals surface area contributed by atoms with Crippen molar-refractivity contribution >= 4 is 5.97 Å². The van der Waals surface area contributed by atoms with E-state index in [1.54, 1.807) is 4.90 Å². The molecule has 1 fully saturated rings. The van der Waals surface area contributed by atoms with Crippen LogP contribution in [0.3, 0.4) is 0 Å². The van der Waals surface area contributed by atoms with Gasteiger partial charge in [0, 0.05) is 19.0 Å². The van der Waals surface area contributed by atoms with Crippen LogP contribution in [-0.4, -0.2) is 22.5 Å². The Morgan fingerprint density at radius 1 is 1.03 bits per heavy atom. The number of carbonyl (C=O) groups is 1. The Morgan fingerprint density at radius 3 is 2.11 bits per heavy atom. The minimum Gasteiger partial charge on any atom is -0.481 e. The zero-order valence-corrected chi connectivity index (χ0v) is 21.0. The molecular formula is C27H32F7NO2. The van der Waals surface area contributed by atoms with Gasteiger partial charge >= 0.3 is 18.3 Å². The molecule has 2 aromatic rings. The van der Waals surface area contributed by atoms with Gasteiger partial charge in [-0.3, -0.25) is 9.69 Å². The zero-order chi connectivity index (χ0) is 28.0. The molecule has 1 N–H and O–H groups in total. The number of rotatable bonds is 6. The van der Waals surface area contributed by atoms with Gasteiger partial charge in [-0.2, -0.15) is 26.3 Å². The molecule has 206 valence electrons. The predicted molar refractivity (Wildman–Crippen MR) is 126 cm³/mol. The fourth-order valence-corrected chi connectivity index (χ4v) is 4.12. The smallest absolute Gasteiger partial charge is 0.416 e. The number of alkyl halides is 6. The molecule has 0 aromatic heterocycles. The number of hydrogen-bond donors (Lipinski definition) is 1. The van der Waals surface area contributed by atoms with Crippen molar-refractivity contribution in [3.05, 3.63) is 70.5 Å². The molecule has 0 spiro atoms. The number of piperidine rings is 1. The molecule has 1 aliphatic rings. The molecule has 0 aliphatic carbocycles. The number of carboxylic acid groups (broad SMARTS) is 1. The van der Waals surface area contributed by atoms with Crippen LogP contribution in [0.5, 0.6) is 0 Å². The van der Waals surface area contributed by atoms with E-state index in [0.717, 1.165) is 30.2 Å². The van der Waals surface area contributed by atoms with Gasteiger partial charge in [-0.1, -0.05) is 45.4 Å². The maximum Gasteiger partial charge on any atom is 0.416 e. The Kier molecular flexibility index (Phi) is 10.6. The van der Waals surface area contributed by atoms with Gasteiger partial charge in [0.05, 0.1) is 11.1 Å². The van der Waals surface area contributed by atoms with E-state index >= 15 is 0 Å². The van der Waals surface area contributed by atoms with Gasteiger partial charge in [-0.25, -0.2) is 4.39 Å². The van der Waals surface area contributed by atoms with E-state index in [1.807, 2.05) is 0 Å². The highest BCUT2D eigenvalue weighted by Gasteiger charge is 2.37. The predicted octanol–water partition coefficient (Wildman–Crippen LogP) is 8.34. The Bertz CT molecular complexity index is 1020. The summed E-state index contributed by atoms with van der Waals surface area (Å²) in [5.74, 6) is -1.44. The standard InChI is InChI=1S/C22H20F7NO2.C5H12/c23-17-6-3-15(18(11-17)22(27,28)29)12-30-8-7-13(10-20(31)32)9-19(30)14-1-4-16(5-2-14)21(24,25)26;1-4-5(2)3/h1-6,11,13,19H,7-10,12H2,(H,31,32);5H,4H2,1-3H3. The number of likely N-dealkylation sites (tertiary alicyclic amines) is 1. The van der Waals surface area contributed by atoms with Gasteiger partial charge in [-0.05, 0) is 66.6 Å². The number of benzene rings is 2. The Hall–Kier alpha value is -2.62. The van der Waals surface area contributed by atoms with Crippen molar-refractivity contribution in [2.45, 2.75) is 71.4 Å². The molecule has 0 saturated carbocycles. The molecule has 1 aliphatic heterocycles. The van der Waals surface area contributed by atoms with Crippen LogP contribution in [0.25, 0.3) is 0 Å². The minimum absolute atomic E-state index is 0.144. The quantitative estimate of drug-likeness (QED) is 0.378. The van der Waals surface area contributed by atoms with Crippen molar-refractivity contribution < 1.29 is 40.6 Å². The zero-order valence-electron chi connectivity index (χ0n) is 21.0. The molecule has 3 nitrogen and oxygen atoms in total. The fraction of sp³-hybridized carbons (Fsp3) is 0.519. The molecule has 0 amide bonds. The average Bonchev–Trinajstić information content (AvgIpc) is 2.80. The molecule has 2 atom stereocenters. The van der Waals surface area contributed by atoms with Crippen molar-refractivity contribution in [1.29, 1.82) is 0 Å². The molecule has 2 unspecified atom stereocenters. The average molecular weight is 536 g/mol. The third-order valence-electron chi connectivity index (χ3n) is 6.48. The highest BCUT2D eigenvalue weighted by molar-refractivity contribution is 5.67. The van der Waals surface area contributed by atoms with Gasteiger partial charge in [0.1, 0.15) is 5.82 Å². The van der Waals surface area contributed by atoms with Crippen LogP contribution in [0.4, 0.5) is 30.7 Å². The third kappa shape index (κ3) is 9.32. The van der Waals surface area contributed by atoms with E-state index in [2.05, 4.69) is 20.8 Å². The van der Waals surface area contributed by atoms with E-state index in [1.165, 1.54) is 18.6 Å². The molecule has 3 rings (SSSR count). The largest absolute Gasteiger partial charge is 0.481 e. The normalized spacial score (nSPS) is 18.9. The van der Waals surface area contributed by atoms with Gasteiger partial charge in [-0.15, -0.1) is 0 Å². The Balaban J connectivity index is 0.000000877. The minimum atomic E-state index is -4.77. The topological polar surface area (TPSA) is 40.5 Å². The first-order valence-electron chi connectivity index (χ1n) is 12.1. The number of hydrogen-bond acceptors (Lipinski definition) is 2. The van der Waals surface area contributed by atoms with Crippen LogP contribution < -0.4 is 0 Å². The fourth-order valence-electron chi connectivity index (χ4n) is 4.12. The number of aliphatic carboxylic acids is 1. The summed E-state index contributed by atoms with van der Waals surface area (Å²) in [4.78, 5) is 12.8. The first-order chi connectivity index (χ1) is 17.1. The number of carboxylic acids is 1. The SMILES string of the molecule is CCC(C)C.O=C(O)CC1CCN(Cc2ccc(F)cc2C(F)(F)F)C(c2ccc(C(F)(F)F)cc2)C1. The lowest BCUT2D eigenvalue weighted by atomic mass is 9.84. The number of halogens is 7. The maximum atomic E-state index is 13.4. The van der Waals surface area contributed by atoms with E-state index in [9.17, 15) is 35.5 Å². The van der Waals surface area contributed by atoms with Crippen LogP contribution >= 0.6 is 0 Å². The van der Waals surface area contributed by atoms with Crippen molar-refractivity contribution in [3.63, 3.8) is 0 Å². The molecule has 1 heterocycles. The third-order valence-corrected chi connectivity index (χ3v) is 6.48. The summed E-state index contributed by atoms with van der Waals surface area (Å²) in [7, 11) is 0. The Morgan fingerprint density at radius 2 is 1.62 bits per heavy atom. The second-order valence-corrected chi connectivity index (χ2v) is 9.70. The highest BCUT2D eigenvalue weighted by atomic mass is 19.4. The molecular weight excluding hydrogens is 503 g/mol. The molecule has 0 radical (unpaired) electrons. The summed E-state index contributed by atoms with van der Waals surface area (Å²) in [6.45, 7) is 6.68. The van der Waals surface area contributed by atoms with Crippen molar-refractivity contribution in [1.82, 2.24) is 4.90 Å². The van der Waals surface area contributed by atoms with Crippen molar-refractivity contribution in [2.75, 3.05) is 6.54 Å². The van der Waals surface area contributed by atoms with Crippen LogP contribution in [0.1, 0.15) is 74.8 Å². The lowest BCUT2D eigenvalue weighted by Gasteiger charge is -2.40. The molecule has 37 heavy (non-hydrogen) atoms. The van der Waals surface area contributed by atoms with Crippen LogP contribution in [0.15, 0.2) is 42.5 Å². The summed E-state index contributed by atoms with van der Waals surface area (Å²) in [6, 6.07) is 6.12. The Labute approximate surface area is 212 Å². The monoisotopic (exact) mass is 535 g/mol. The van der Waals surface area contributed by atoms with Gasteiger partial charge in [0.25, 0.3) is 0 Å². The summed E-state index contributed by atoms with van der Waals surface area (Å²) in [5.41, 5.74) is -1.68. The van der Waals surface area contributed by atoms with Gasteiger partial charge in [0.15, 0.2) is 0 Å². The lowest BCUT2D eigenvalue weighted by Crippen LogP contribution is -2.37.